The van der Waals surface area contributed by atoms with Gasteiger partial charge < -0.3 is 5.11 Å². The van der Waals surface area contributed by atoms with Crippen molar-refractivity contribution in [3.63, 3.8) is 0 Å². The normalized spacial score (nSPS) is 19.4. The molecular weight excluding hydrogens is 134 g/mol. The summed E-state index contributed by atoms with van der Waals surface area (Å²) >= 11 is 0. The van der Waals surface area contributed by atoms with Gasteiger partial charge in [0.25, 0.3) is 0 Å². The highest BCUT2D eigenvalue weighted by atomic mass is 16.4. The second-order valence-corrected chi connectivity index (χ2v) is 2.22. The van der Waals surface area contributed by atoms with Crippen molar-refractivity contribution in [3.05, 3.63) is 0 Å². The molecule has 0 aromatic carbocycles. The topological polar surface area (TPSA) is 56.1 Å². The third kappa shape index (κ3) is 1.08. The Bertz CT molecular complexity index is 189. The maximum absolute atomic E-state index is 10.3. The molecule has 1 amide bonds. The molecule has 1 N–H and O–H groups in total. The highest BCUT2D eigenvalue weighted by Crippen LogP contribution is 2.04. The van der Waals surface area contributed by atoms with E-state index in [0.717, 1.165) is 10.8 Å². The van der Waals surface area contributed by atoms with Gasteiger partial charge in [0, 0.05) is 7.05 Å². The van der Waals surface area contributed by atoms with E-state index in [1.807, 2.05) is 0 Å². The molecule has 1 heterocycles. The molecule has 0 radical (unpaired) electrons. The first-order valence-corrected chi connectivity index (χ1v) is 2.89. The average Bonchev–Trinajstić information content (AvgIpc) is 2.10. The van der Waals surface area contributed by atoms with Crippen LogP contribution in [0.15, 0.2) is 5.10 Å². The Morgan fingerprint density at radius 2 is 2.40 bits per heavy atom. The second-order valence-electron chi connectivity index (χ2n) is 2.22. The van der Waals surface area contributed by atoms with Crippen LogP contribution in [-0.4, -0.2) is 40.6 Å². The van der Waals surface area contributed by atoms with Gasteiger partial charge in [0.05, 0.1) is 12.3 Å². The minimum atomic E-state index is -1.04. The summed E-state index contributed by atoms with van der Waals surface area (Å²) in [5.74, 6) is 0. The maximum Gasteiger partial charge on any atom is 0.443 e. The second kappa shape index (κ2) is 2.26. The van der Waals surface area contributed by atoms with E-state index in [4.69, 9.17) is 5.11 Å². The molecule has 1 rings (SSSR count). The van der Waals surface area contributed by atoms with Crippen LogP contribution in [0, 0.1) is 0 Å². The third-order valence-electron chi connectivity index (χ3n) is 1.22. The standard InChI is InChI=1S/C5H9N3O2/c1-4-3-7(2)8(6-4)5(9)10/h3H2,1-2H3,(H,9,10). The minimum Gasteiger partial charge on any atom is -0.463 e. The molecule has 0 fully saturated rings. The van der Waals surface area contributed by atoms with E-state index in [-0.39, 0.29) is 0 Å². The van der Waals surface area contributed by atoms with Gasteiger partial charge in [-0.1, -0.05) is 0 Å². The molecule has 10 heavy (non-hydrogen) atoms. The first-order valence-electron chi connectivity index (χ1n) is 2.89. The maximum atomic E-state index is 10.3. The number of hydrazone groups is 1. The number of amides is 1. The van der Waals surface area contributed by atoms with Gasteiger partial charge >= 0.3 is 6.09 Å². The molecule has 1 aliphatic rings. The molecule has 0 bridgehead atoms. The van der Waals surface area contributed by atoms with Crippen LogP contribution in [0.1, 0.15) is 6.92 Å². The van der Waals surface area contributed by atoms with Crippen LogP contribution >= 0.6 is 0 Å². The highest BCUT2D eigenvalue weighted by molar-refractivity contribution is 5.86. The largest absolute Gasteiger partial charge is 0.463 e. The summed E-state index contributed by atoms with van der Waals surface area (Å²) in [6.07, 6.45) is -1.04. The first-order chi connectivity index (χ1) is 4.61. The van der Waals surface area contributed by atoms with Crippen LogP contribution in [0.2, 0.25) is 0 Å². The molecule has 1 aliphatic heterocycles. The molecule has 0 atom stereocenters. The van der Waals surface area contributed by atoms with E-state index in [0.29, 0.717) is 6.54 Å². The van der Waals surface area contributed by atoms with Crippen LogP contribution in [0.4, 0.5) is 4.79 Å². The molecule has 0 aliphatic carbocycles. The zero-order valence-electron chi connectivity index (χ0n) is 5.90. The summed E-state index contributed by atoms with van der Waals surface area (Å²) in [6, 6.07) is 0. The minimum absolute atomic E-state index is 0.590. The number of nitrogens with zero attached hydrogens (tertiary/aromatic N) is 3. The zero-order valence-corrected chi connectivity index (χ0v) is 5.90. The van der Waals surface area contributed by atoms with Crippen LogP contribution < -0.4 is 0 Å². The fraction of sp³-hybridized carbons (Fsp3) is 0.600. The molecule has 0 unspecified atom stereocenters. The number of hydrazine groups is 1. The lowest BCUT2D eigenvalue weighted by atomic mass is 10.4. The summed E-state index contributed by atoms with van der Waals surface area (Å²) in [7, 11) is 1.67. The number of rotatable bonds is 0. The lowest BCUT2D eigenvalue weighted by Gasteiger charge is -2.15. The van der Waals surface area contributed by atoms with Crippen molar-refractivity contribution >= 4 is 11.8 Å². The Morgan fingerprint density at radius 1 is 1.80 bits per heavy atom. The highest BCUT2D eigenvalue weighted by Gasteiger charge is 2.22. The molecule has 5 nitrogen and oxygen atoms in total. The number of carboxylic acid groups (broad SMARTS) is 1. The van der Waals surface area contributed by atoms with Gasteiger partial charge in [-0.3, -0.25) is 0 Å². The van der Waals surface area contributed by atoms with Crippen molar-refractivity contribution in [2.45, 2.75) is 6.92 Å². The number of hydrogen-bond acceptors (Lipinski definition) is 3. The van der Waals surface area contributed by atoms with Crippen LogP contribution in [0.3, 0.4) is 0 Å². The van der Waals surface area contributed by atoms with E-state index in [1.54, 1.807) is 14.0 Å². The summed E-state index contributed by atoms with van der Waals surface area (Å²) < 4.78 is 0. The molecule has 0 aromatic heterocycles. The molecule has 5 heteroatoms. The van der Waals surface area contributed by atoms with Crippen LogP contribution in [0.25, 0.3) is 0 Å². The van der Waals surface area contributed by atoms with Crippen molar-refractivity contribution in [1.82, 2.24) is 10.1 Å². The fourth-order valence-electron chi connectivity index (χ4n) is 0.857. The van der Waals surface area contributed by atoms with E-state index in [1.165, 1.54) is 5.01 Å². The molecule has 0 spiro atoms. The van der Waals surface area contributed by atoms with Crippen molar-refractivity contribution in [3.8, 4) is 0 Å². The summed E-state index contributed by atoms with van der Waals surface area (Å²) in [5, 5.41) is 14.7. The molecule has 0 aromatic rings. The summed E-state index contributed by atoms with van der Waals surface area (Å²) in [5.41, 5.74) is 0.810. The third-order valence-corrected chi connectivity index (χ3v) is 1.22. The van der Waals surface area contributed by atoms with E-state index in [9.17, 15) is 4.79 Å². The Hall–Kier alpha value is -1.10. The Labute approximate surface area is 58.5 Å². The van der Waals surface area contributed by atoms with E-state index >= 15 is 0 Å². The van der Waals surface area contributed by atoms with Crippen LogP contribution in [0.5, 0.6) is 0 Å². The van der Waals surface area contributed by atoms with Gasteiger partial charge in [0.1, 0.15) is 0 Å². The van der Waals surface area contributed by atoms with Crippen molar-refractivity contribution < 1.29 is 9.90 Å². The SMILES string of the molecule is CC1=NN(C(=O)O)N(C)C1. The Balaban J connectivity index is 2.69. The molecule has 0 saturated carbocycles. The Kier molecular flexibility index (Phi) is 1.58. The Morgan fingerprint density at radius 3 is 2.60 bits per heavy atom. The van der Waals surface area contributed by atoms with Gasteiger partial charge in [-0.15, -0.1) is 5.12 Å². The van der Waals surface area contributed by atoms with Gasteiger partial charge in [-0.05, 0) is 6.92 Å². The van der Waals surface area contributed by atoms with Gasteiger partial charge in [0.2, 0.25) is 0 Å². The van der Waals surface area contributed by atoms with Crippen molar-refractivity contribution in [2.24, 2.45) is 5.10 Å². The fourth-order valence-corrected chi connectivity index (χ4v) is 0.857. The first kappa shape index (κ1) is 7.01. The summed E-state index contributed by atoms with van der Waals surface area (Å²) in [6.45, 7) is 2.38. The van der Waals surface area contributed by atoms with Crippen LogP contribution in [-0.2, 0) is 0 Å². The smallest absolute Gasteiger partial charge is 0.443 e. The molecule has 56 valence electrons. The van der Waals surface area contributed by atoms with Gasteiger partial charge in [-0.2, -0.15) is 10.1 Å². The molecular formula is C5H9N3O2. The lowest BCUT2D eigenvalue weighted by Crippen LogP contribution is -2.35. The predicted molar refractivity (Wildman–Crippen MR) is 35.6 cm³/mol. The summed E-state index contributed by atoms with van der Waals surface area (Å²) in [4.78, 5) is 10.3. The van der Waals surface area contributed by atoms with Crippen molar-refractivity contribution in [2.75, 3.05) is 13.6 Å². The lowest BCUT2D eigenvalue weighted by molar-refractivity contribution is 0.0398. The average molecular weight is 143 g/mol. The van der Waals surface area contributed by atoms with Gasteiger partial charge in [-0.25, -0.2) is 4.79 Å². The number of hydrogen-bond donors (Lipinski definition) is 1. The monoisotopic (exact) mass is 143 g/mol. The van der Waals surface area contributed by atoms with Gasteiger partial charge in [0.15, 0.2) is 0 Å². The quantitative estimate of drug-likeness (QED) is 0.527. The molecule has 0 saturated heterocycles. The van der Waals surface area contributed by atoms with Crippen molar-refractivity contribution in [1.29, 1.82) is 0 Å². The zero-order chi connectivity index (χ0) is 7.72. The van der Waals surface area contributed by atoms with E-state index < -0.39 is 6.09 Å². The predicted octanol–water partition coefficient (Wildman–Crippen LogP) is 0.203. The number of carbonyl (C=O) groups is 1. The van der Waals surface area contributed by atoms with E-state index in [2.05, 4.69) is 5.10 Å².